The van der Waals surface area contributed by atoms with Crippen molar-refractivity contribution in [1.82, 2.24) is 5.32 Å². The summed E-state index contributed by atoms with van der Waals surface area (Å²) in [4.78, 5) is 0. The molecule has 4 unspecified atom stereocenters. The van der Waals surface area contributed by atoms with Crippen LogP contribution in [0.5, 0.6) is 0 Å². The molecule has 0 aromatic carbocycles. The van der Waals surface area contributed by atoms with Crippen LogP contribution in [0.4, 0.5) is 0 Å². The maximum Gasteiger partial charge on any atom is 0.0897 e. The van der Waals surface area contributed by atoms with E-state index in [2.05, 4.69) is 19.2 Å². The van der Waals surface area contributed by atoms with Crippen LogP contribution in [-0.4, -0.2) is 52.7 Å². The van der Waals surface area contributed by atoms with Gasteiger partial charge in [-0.15, -0.1) is 0 Å². The fourth-order valence-corrected chi connectivity index (χ4v) is 2.64. The van der Waals surface area contributed by atoms with Crippen LogP contribution in [0, 0.1) is 5.92 Å². The zero-order valence-corrected chi connectivity index (χ0v) is 13.1. The maximum absolute atomic E-state index is 11.0. The van der Waals surface area contributed by atoms with Gasteiger partial charge in [0.15, 0.2) is 0 Å². The average molecular weight is 279 g/mol. The van der Waals surface area contributed by atoms with Crippen molar-refractivity contribution in [3.63, 3.8) is 0 Å². The van der Waals surface area contributed by atoms with Gasteiger partial charge >= 0.3 is 0 Å². The minimum atomic E-state index is -0.804. The second-order valence-electron chi connectivity index (χ2n) is 5.48. The molecule has 0 saturated carbocycles. The second-order valence-corrected chi connectivity index (χ2v) is 6.96. The summed E-state index contributed by atoms with van der Waals surface area (Å²) in [6.07, 6.45) is 2.36. The molecule has 5 heteroatoms. The molecule has 0 fully saturated rings. The Hall–Kier alpha value is 0.0300. The van der Waals surface area contributed by atoms with Crippen molar-refractivity contribution in [3.05, 3.63) is 0 Å². The Labute approximate surface area is 114 Å². The Bertz CT molecular complexity index is 236. The molecule has 18 heavy (non-hydrogen) atoms. The van der Waals surface area contributed by atoms with Gasteiger partial charge in [-0.25, -0.2) is 0 Å². The van der Waals surface area contributed by atoms with E-state index in [0.717, 1.165) is 6.42 Å². The molecule has 0 amide bonds. The molecule has 4 nitrogen and oxygen atoms in total. The van der Waals surface area contributed by atoms with Crippen LogP contribution in [0.3, 0.4) is 0 Å². The third-order valence-electron chi connectivity index (χ3n) is 2.56. The van der Waals surface area contributed by atoms with Crippen LogP contribution < -0.4 is 5.32 Å². The molecule has 0 saturated heterocycles. The molecule has 0 spiro atoms. The van der Waals surface area contributed by atoms with E-state index in [1.165, 1.54) is 0 Å². The lowest BCUT2D eigenvalue weighted by Crippen LogP contribution is -2.39. The summed E-state index contributed by atoms with van der Waals surface area (Å²) < 4.78 is 16.6. The number of rotatable bonds is 10. The van der Waals surface area contributed by atoms with Gasteiger partial charge in [0, 0.05) is 35.4 Å². The van der Waals surface area contributed by atoms with Crippen LogP contribution in [0.2, 0.25) is 0 Å². The van der Waals surface area contributed by atoms with E-state index in [1.807, 2.05) is 13.8 Å². The van der Waals surface area contributed by atoms with Gasteiger partial charge in [-0.1, -0.05) is 13.8 Å². The summed E-state index contributed by atoms with van der Waals surface area (Å²) in [6, 6.07) is 0.151. The Morgan fingerprint density at radius 1 is 1.28 bits per heavy atom. The van der Waals surface area contributed by atoms with E-state index in [4.69, 9.17) is 4.74 Å². The van der Waals surface area contributed by atoms with Gasteiger partial charge in [0.05, 0.1) is 18.8 Å². The predicted molar refractivity (Wildman–Crippen MR) is 77.3 cm³/mol. The van der Waals surface area contributed by atoms with E-state index in [9.17, 15) is 9.32 Å². The first-order valence-electron chi connectivity index (χ1n) is 6.64. The standard InChI is InChI=1S/C13H29NO3S/c1-10(2)6-12(4)17-8-13(15)7-14-11(3)9-18(5)16/h10-15H,6-9H2,1-5H3. The third kappa shape index (κ3) is 11.1. The number of hydrogen-bond donors (Lipinski definition) is 2. The molecule has 0 bridgehead atoms. The summed E-state index contributed by atoms with van der Waals surface area (Å²) in [6.45, 7) is 9.14. The Kier molecular flexibility index (Phi) is 9.91. The lowest BCUT2D eigenvalue weighted by Gasteiger charge is -2.19. The summed E-state index contributed by atoms with van der Waals surface area (Å²) in [5.74, 6) is 1.21. The fourth-order valence-electron chi connectivity index (χ4n) is 1.81. The molecule has 0 rings (SSSR count). The monoisotopic (exact) mass is 279 g/mol. The van der Waals surface area contributed by atoms with E-state index in [0.29, 0.717) is 24.8 Å². The number of aliphatic hydroxyl groups is 1. The smallest absolute Gasteiger partial charge is 0.0897 e. The van der Waals surface area contributed by atoms with Crippen molar-refractivity contribution < 1.29 is 14.1 Å². The van der Waals surface area contributed by atoms with Gasteiger partial charge in [0.1, 0.15) is 0 Å². The first-order valence-corrected chi connectivity index (χ1v) is 8.37. The molecule has 0 aromatic rings. The van der Waals surface area contributed by atoms with Crippen LogP contribution in [0.25, 0.3) is 0 Å². The molecule has 110 valence electrons. The number of hydrogen-bond acceptors (Lipinski definition) is 4. The largest absolute Gasteiger partial charge is 0.389 e. The van der Waals surface area contributed by atoms with Crippen molar-refractivity contribution in [2.24, 2.45) is 5.92 Å². The molecular weight excluding hydrogens is 250 g/mol. The first-order chi connectivity index (χ1) is 8.31. The van der Waals surface area contributed by atoms with Crippen LogP contribution in [0.15, 0.2) is 0 Å². The number of nitrogens with one attached hydrogen (secondary N) is 1. The van der Waals surface area contributed by atoms with Crippen molar-refractivity contribution in [2.45, 2.75) is 52.4 Å². The van der Waals surface area contributed by atoms with Gasteiger partial charge in [-0.2, -0.15) is 0 Å². The predicted octanol–water partition coefficient (Wildman–Crippen LogP) is 1.16. The molecule has 2 N–H and O–H groups in total. The Balaban J connectivity index is 3.64. The van der Waals surface area contributed by atoms with Crippen LogP contribution in [-0.2, 0) is 15.5 Å². The van der Waals surface area contributed by atoms with Gasteiger partial charge in [0.2, 0.25) is 0 Å². The van der Waals surface area contributed by atoms with E-state index >= 15 is 0 Å². The highest BCUT2D eigenvalue weighted by molar-refractivity contribution is 7.84. The molecule has 0 aliphatic rings. The quantitative estimate of drug-likeness (QED) is 0.630. The minimum Gasteiger partial charge on any atom is -0.389 e. The lowest BCUT2D eigenvalue weighted by atomic mass is 10.1. The van der Waals surface area contributed by atoms with Crippen molar-refractivity contribution in [1.29, 1.82) is 0 Å². The SMILES string of the molecule is CC(C)CC(C)OCC(O)CNC(C)CS(C)=O. The van der Waals surface area contributed by atoms with Crippen LogP contribution in [0.1, 0.15) is 34.1 Å². The summed E-state index contributed by atoms with van der Waals surface area (Å²) in [7, 11) is -0.804. The highest BCUT2D eigenvalue weighted by Gasteiger charge is 2.11. The highest BCUT2D eigenvalue weighted by atomic mass is 32.2. The molecule has 0 aliphatic carbocycles. The van der Waals surface area contributed by atoms with E-state index < -0.39 is 16.9 Å². The molecule has 0 radical (unpaired) electrons. The van der Waals surface area contributed by atoms with Gasteiger partial charge in [-0.05, 0) is 26.2 Å². The normalized spacial score (nSPS) is 18.6. The van der Waals surface area contributed by atoms with Gasteiger partial charge in [-0.3, -0.25) is 4.21 Å². The first kappa shape index (κ1) is 18.0. The maximum atomic E-state index is 11.0. The molecule has 0 aliphatic heterocycles. The van der Waals surface area contributed by atoms with Crippen molar-refractivity contribution >= 4 is 10.8 Å². The zero-order chi connectivity index (χ0) is 14.1. The Morgan fingerprint density at radius 2 is 1.89 bits per heavy atom. The Morgan fingerprint density at radius 3 is 2.39 bits per heavy atom. The van der Waals surface area contributed by atoms with Crippen molar-refractivity contribution in [2.75, 3.05) is 25.2 Å². The molecule has 0 heterocycles. The summed E-state index contributed by atoms with van der Waals surface area (Å²) >= 11 is 0. The topological polar surface area (TPSA) is 58.6 Å². The zero-order valence-electron chi connectivity index (χ0n) is 12.3. The highest BCUT2D eigenvalue weighted by Crippen LogP contribution is 2.07. The molecule has 4 atom stereocenters. The molecule has 0 aromatic heterocycles. The third-order valence-corrected chi connectivity index (χ3v) is 3.53. The summed E-state index contributed by atoms with van der Waals surface area (Å²) in [5.41, 5.74) is 0. The van der Waals surface area contributed by atoms with E-state index in [-0.39, 0.29) is 12.1 Å². The van der Waals surface area contributed by atoms with Crippen molar-refractivity contribution in [3.8, 4) is 0 Å². The minimum absolute atomic E-state index is 0.151. The number of aliphatic hydroxyl groups excluding tert-OH is 1. The molecular formula is C13H29NO3S. The second kappa shape index (κ2) is 9.89. The van der Waals surface area contributed by atoms with Crippen LogP contribution >= 0.6 is 0 Å². The summed E-state index contributed by atoms with van der Waals surface area (Å²) in [5, 5.41) is 12.9. The average Bonchev–Trinajstić information content (AvgIpc) is 2.21. The van der Waals surface area contributed by atoms with Gasteiger partial charge < -0.3 is 15.2 Å². The fraction of sp³-hybridized carbons (Fsp3) is 1.00. The van der Waals surface area contributed by atoms with E-state index in [1.54, 1.807) is 6.26 Å². The lowest BCUT2D eigenvalue weighted by molar-refractivity contribution is -0.00894. The number of ether oxygens (including phenoxy) is 1. The van der Waals surface area contributed by atoms with Gasteiger partial charge in [0.25, 0.3) is 0 Å².